The molecule has 3 amide bonds. The summed E-state index contributed by atoms with van der Waals surface area (Å²) in [6.45, 7) is 0.0602. The Labute approximate surface area is 110 Å². The van der Waals surface area contributed by atoms with E-state index in [4.69, 9.17) is 10.2 Å². The molecule has 9 nitrogen and oxygen atoms in total. The van der Waals surface area contributed by atoms with E-state index in [-0.39, 0.29) is 38.0 Å². The summed E-state index contributed by atoms with van der Waals surface area (Å²) in [5.41, 5.74) is 0. The standard InChI is InChI=1S/C9H17N3O6S/c10-19(17,18)6-2-5-11-9(16)12-7(13)3-1-4-8(14)15/h1-6H2,(H,14,15)(H2,10,17,18)(H2,11,12,13,16). The van der Waals surface area contributed by atoms with Crippen LogP contribution in [0.1, 0.15) is 25.7 Å². The third-order valence-electron chi connectivity index (χ3n) is 1.94. The number of aliphatic carboxylic acids is 1. The first-order valence-electron chi connectivity index (χ1n) is 5.50. The number of imide groups is 1. The van der Waals surface area contributed by atoms with E-state index in [1.165, 1.54) is 0 Å². The summed E-state index contributed by atoms with van der Waals surface area (Å²) in [5, 5.41) is 17.4. The van der Waals surface area contributed by atoms with E-state index >= 15 is 0 Å². The minimum Gasteiger partial charge on any atom is -0.481 e. The summed E-state index contributed by atoms with van der Waals surface area (Å²) in [6.07, 6.45) is 0.0552. The molecule has 0 aliphatic heterocycles. The van der Waals surface area contributed by atoms with Gasteiger partial charge < -0.3 is 10.4 Å². The summed E-state index contributed by atoms with van der Waals surface area (Å²) in [4.78, 5) is 32.5. The summed E-state index contributed by atoms with van der Waals surface area (Å²) in [6, 6.07) is -0.755. The van der Waals surface area contributed by atoms with Crippen molar-refractivity contribution in [2.45, 2.75) is 25.7 Å². The summed E-state index contributed by atoms with van der Waals surface area (Å²) in [5.74, 6) is -1.87. The van der Waals surface area contributed by atoms with Crippen molar-refractivity contribution < 1.29 is 27.9 Å². The Bertz CT molecular complexity index is 433. The van der Waals surface area contributed by atoms with Gasteiger partial charge in [0.15, 0.2) is 0 Å². The van der Waals surface area contributed by atoms with Crippen LogP contribution in [0.4, 0.5) is 4.79 Å². The molecule has 0 heterocycles. The van der Waals surface area contributed by atoms with E-state index in [0.29, 0.717) is 0 Å². The highest BCUT2D eigenvalue weighted by molar-refractivity contribution is 7.89. The topological polar surface area (TPSA) is 156 Å². The van der Waals surface area contributed by atoms with Gasteiger partial charge in [0.25, 0.3) is 0 Å². The van der Waals surface area contributed by atoms with Crippen molar-refractivity contribution in [1.82, 2.24) is 10.6 Å². The van der Waals surface area contributed by atoms with Crippen molar-refractivity contribution in [2.24, 2.45) is 5.14 Å². The average Bonchev–Trinajstić information content (AvgIpc) is 2.22. The molecular weight excluding hydrogens is 278 g/mol. The molecule has 10 heteroatoms. The van der Waals surface area contributed by atoms with Crippen molar-refractivity contribution in [2.75, 3.05) is 12.3 Å². The van der Waals surface area contributed by atoms with Crippen LogP contribution in [0.25, 0.3) is 0 Å². The highest BCUT2D eigenvalue weighted by Crippen LogP contribution is 1.94. The number of carboxylic acids is 1. The molecule has 110 valence electrons. The molecule has 0 atom stereocenters. The van der Waals surface area contributed by atoms with Crippen LogP contribution in [0.5, 0.6) is 0 Å². The zero-order valence-electron chi connectivity index (χ0n) is 10.2. The van der Waals surface area contributed by atoms with E-state index in [0.717, 1.165) is 0 Å². The second-order valence-corrected chi connectivity index (χ2v) is 5.51. The second kappa shape index (κ2) is 8.43. The van der Waals surface area contributed by atoms with Gasteiger partial charge in [-0.2, -0.15) is 0 Å². The van der Waals surface area contributed by atoms with Crippen LogP contribution in [0, 0.1) is 0 Å². The first-order chi connectivity index (χ1) is 8.70. The van der Waals surface area contributed by atoms with Crippen molar-refractivity contribution in [3.05, 3.63) is 0 Å². The number of hydrogen-bond donors (Lipinski definition) is 4. The van der Waals surface area contributed by atoms with Gasteiger partial charge in [-0.25, -0.2) is 18.4 Å². The number of rotatable bonds is 8. The molecule has 19 heavy (non-hydrogen) atoms. The van der Waals surface area contributed by atoms with E-state index in [1.54, 1.807) is 0 Å². The quantitative estimate of drug-likeness (QED) is 0.410. The number of urea groups is 1. The molecule has 0 fully saturated rings. The number of carbonyl (C=O) groups excluding carboxylic acids is 2. The molecule has 0 bridgehead atoms. The molecule has 0 radical (unpaired) electrons. The summed E-state index contributed by atoms with van der Waals surface area (Å²) >= 11 is 0. The highest BCUT2D eigenvalue weighted by atomic mass is 32.2. The van der Waals surface area contributed by atoms with E-state index in [2.05, 4.69) is 5.32 Å². The Kier molecular flexibility index (Phi) is 7.68. The van der Waals surface area contributed by atoms with E-state index in [9.17, 15) is 22.8 Å². The van der Waals surface area contributed by atoms with Gasteiger partial charge in [-0.1, -0.05) is 0 Å². The fourth-order valence-corrected chi connectivity index (χ4v) is 1.66. The molecule has 0 aromatic carbocycles. The van der Waals surface area contributed by atoms with Crippen LogP contribution >= 0.6 is 0 Å². The molecule has 0 spiro atoms. The van der Waals surface area contributed by atoms with E-state index < -0.39 is 27.9 Å². The Hall–Kier alpha value is -1.68. The smallest absolute Gasteiger partial charge is 0.321 e. The number of sulfonamides is 1. The number of primary sulfonamides is 1. The lowest BCUT2D eigenvalue weighted by Gasteiger charge is -2.05. The number of nitrogens with two attached hydrogens (primary N) is 1. The lowest BCUT2D eigenvalue weighted by molar-refractivity contribution is -0.137. The van der Waals surface area contributed by atoms with Gasteiger partial charge in [-0.15, -0.1) is 0 Å². The molecular formula is C9H17N3O6S. The van der Waals surface area contributed by atoms with Gasteiger partial charge in [-0.3, -0.25) is 14.9 Å². The predicted molar refractivity (Wildman–Crippen MR) is 65.6 cm³/mol. The number of carbonyl (C=O) groups is 3. The fourth-order valence-electron chi connectivity index (χ4n) is 1.11. The van der Waals surface area contributed by atoms with Crippen molar-refractivity contribution in [3.8, 4) is 0 Å². The first-order valence-corrected chi connectivity index (χ1v) is 7.22. The van der Waals surface area contributed by atoms with Crippen molar-refractivity contribution in [3.63, 3.8) is 0 Å². The second-order valence-electron chi connectivity index (χ2n) is 3.77. The normalized spacial score (nSPS) is 10.8. The molecule has 0 unspecified atom stereocenters. The zero-order chi connectivity index (χ0) is 14.9. The van der Waals surface area contributed by atoms with Crippen LogP contribution in [-0.2, 0) is 19.6 Å². The summed E-state index contributed by atoms with van der Waals surface area (Å²) in [7, 11) is -3.56. The monoisotopic (exact) mass is 295 g/mol. The highest BCUT2D eigenvalue weighted by Gasteiger charge is 2.08. The van der Waals surface area contributed by atoms with Gasteiger partial charge in [0.1, 0.15) is 0 Å². The molecule has 0 aromatic rings. The predicted octanol–water partition coefficient (Wildman–Crippen LogP) is -1.25. The summed E-state index contributed by atoms with van der Waals surface area (Å²) < 4.78 is 21.1. The third kappa shape index (κ3) is 12.6. The van der Waals surface area contributed by atoms with Crippen molar-refractivity contribution in [1.29, 1.82) is 0 Å². The van der Waals surface area contributed by atoms with Gasteiger partial charge >= 0.3 is 12.0 Å². The molecule has 0 saturated heterocycles. The van der Waals surface area contributed by atoms with Crippen LogP contribution in [-0.4, -0.2) is 43.7 Å². The third-order valence-corrected chi connectivity index (χ3v) is 2.80. The number of nitrogens with one attached hydrogen (secondary N) is 2. The van der Waals surface area contributed by atoms with Crippen molar-refractivity contribution >= 4 is 27.9 Å². The molecule has 0 aliphatic carbocycles. The van der Waals surface area contributed by atoms with Gasteiger partial charge in [0.05, 0.1) is 5.75 Å². The SMILES string of the molecule is NS(=O)(=O)CCCNC(=O)NC(=O)CCCC(=O)O. The minimum atomic E-state index is -3.56. The van der Waals surface area contributed by atoms with Gasteiger partial charge in [0.2, 0.25) is 15.9 Å². The van der Waals surface area contributed by atoms with E-state index in [1.807, 2.05) is 5.32 Å². The molecule has 5 N–H and O–H groups in total. The molecule has 0 rings (SSSR count). The van der Waals surface area contributed by atoms with Crippen LogP contribution in [0.2, 0.25) is 0 Å². The average molecular weight is 295 g/mol. The number of amides is 3. The maximum absolute atomic E-state index is 11.1. The van der Waals surface area contributed by atoms with Crippen LogP contribution in [0.15, 0.2) is 0 Å². The Morgan fingerprint density at radius 2 is 1.74 bits per heavy atom. The molecule has 0 saturated carbocycles. The first kappa shape index (κ1) is 17.3. The Morgan fingerprint density at radius 1 is 1.11 bits per heavy atom. The largest absolute Gasteiger partial charge is 0.481 e. The number of carboxylic acid groups (broad SMARTS) is 1. The lowest BCUT2D eigenvalue weighted by Crippen LogP contribution is -2.40. The minimum absolute atomic E-state index is 0.0602. The molecule has 0 aromatic heterocycles. The Morgan fingerprint density at radius 3 is 2.26 bits per heavy atom. The number of hydrogen-bond acceptors (Lipinski definition) is 5. The fraction of sp³-hybridized carbons (Fsp3) is 0.667. The van der Waals surface area contributed by atoms with Crippen LogP contribution < -0.4 is 15.8 Å². The Balaban J connectivity index is 3.68. The zero-order valence-corrected chi connectivity index (χ0v) is 11.0. The van der Waals surface area contributed by atoms with Gasteiger partial charge in [0, 0.05) is 19.4 Å². The lowest BCUT2D eigenvalue weighted by atomic mass is 10.2. The maximum atomic E-state index is 11.1. The van der Waals surface area contributed by atoms with Crippen LogP contribution in [0.3, 0.4) is 0 Å². The molecule has 0 aliphatic rings. The maximum Gasteiger partial charge on any atom is 0.321 e. The van der Waals surface area contributed by atoms with Gasteiger partial charge in [-0.05, 0) is 12.8 Å².